The van der Waals surface area contributed by atoms with Crippen molar-refractivity contribution in [3.05, 3.63) is 11.8 Å². The molecule has 2 N–H and O–H groups in total. The molecule has 1 rings (SSSR count). The lowest BCUT2D eigenvalue weighted by Gasteiger charge is -2.10. The molecule has 1 heterocycles. The molecular formula is C16H25N3O5S. The normalized spacial score (nSPS) is 11.6. The van der Waals surface area contributed by atoms with E-state index in [4.69, 9.17) is 4.52 Å². The molecule has 0 saturated heterocycles. The van der Waals surface area contributed by atoms with Gasteiger partial charge in [0.1, 0.15) is 5.76 Å². The molecule has 0 radical (unpaired) electrons. The Morgan fingerprint density at radius 1 is 1.32 bits per heavy atom. The summed E-state index contributed by atoms with van der Waals surface area (Å²) >= 11 is 1.25. The van der Waals surface area contributed by atoms with Crippen LogP contribution in [0.15, 0.2) is 10.6 Å². The zero-order valence-corrected chi connectivity index (χ0v) is 15.6. The minimum Gasteiger partial charge on any atom is -0.469 e. The lowest BCUT2D eigenvalue weighted by molar-refractivity contribution is -0.140. The van der Waals surface area contributed by atoms with Crippen LogP contribution in [-0.4, -0.2) is 47.6 Å². The van der Waals surface area contributed by atoms with E-state index < -0.39 is 0 Å². The van der Waals surface area contributed by atoms with Crippen molar-refractivity contribution in [3.63, 3.8) is 0 Å². The van der Waals surface area contributed by atoms with Gasteiger partial charge < -0.3 is 19.9 Å². The highest BCUT2D eigenvalue weighted by molar-refractivity contribution is 8.01. The number of esters is 1. The van der Waals surface area contributed by atoms with Gasteiger partial charge >= 0.3 is 5.97 Å². The van der Waals surface area contributed by atoms with Crippen LogP contribution >= 0.6 is 11.8 Å². The van der Waals surface area contributed by atoms with Gasteiger partial charge in [-0.3, -0.25) is 14.4 Å². The van der Waals surface area contributed by atoms with Crippen molar-refractivity contribution in [3.8, 4) is 0 Å². The van der Waals surface area contributed by atoms with Crippen LogP contribution in [0.2, 0.25) is 0 Å². The number of hydrogen-bond acceptors (Lipinski definition) is 7. The highest BCUT2D eigenvalue weighted by Gasteiger charge is 2.16. The molecule has 8 nitrogen and oxygen atoms in total. The molecule has 9 heteroatoms. The number of anilines is 1. The van der Waals surface area contributed by atoms with Crippen LogP contribution in [0, 0.1) is 6.92 Å². The number of hydrogen-bond donors (Lipinski definition) is 2. The van der Waals surface area contributed by atoms with Gasteiger partial charge in [0.2, 0.25) is 11.8 Å². The number of aromatic nitrogens is 1. The van der Waals surface area contributed by atoms with Gasteiger partial charge in [0, 0.05) is 19.0 Å². The third-order valence-corrected chi connectivity index (χ3v) is 4.46. The Morgan fingerprint density at radius 2 is 2.08 bits per heavy atom. The number of amides is 2. The molecule has 0 aliphatic rings. The van der Waals surface area contributed by atoms with Gasteiger partial charge in [0.25, 0.3) is 0 Å². The number of rotatable bonds is 11. The van der Waals surface area contributed by atoms with Crippen LogP contribution in [0.3, 0.4) is 0 Å². The molecule has 1 aromatic rings. The highest BCUT2D eigenvalue weighted by atomic mass is 32.2. The predicted molar refractivity (Wildman–Crippen MR) is 95.3 cm³/mol. The summed E-state index contributed by atoms with van der Waals surface area (Å²) in [6.45, 7) is 4.02. The molecule has 25 heavy (non-hydrogen) atoms. The maximum Gasteiger partial charge on any atom is 0.305 e. The summed E-state index contributed by atoms with van der Waals surface area (Å²) in [7, 11) is 1.37. The van der Waals surface area contributed by atoms with Crippen molar-refractivity contribution in [2.45, 2.75) is 44.8 Å². The number of carbonyl (C=O) groups excluding carboxylic acids is 3. The largest absolute Gasteiger partial charge is 0.469 e. The molecule has 1 unspecified atom stereocenters. The number of carbonyl (C=O) groups is 3. The molecule has 0 saturated carbocycles. The minimum atomic E-state index is -0.386. The van der Waals surface area contributed by atoms with Crippen molar-refractivity contribution in [2.24, 2.45) is 0 Å². The number of unbranched alkanes of at least 4 members (excludes halogenated alkanes) is 2. The first-order valence-corrected chi connectivity index (χ1v) is 9.16. The molecule has 0 bridgehead atoms. The predicted octanol–water partition coefficient (Wildman–Crippen LogP) is 1.89. The first-order valence-electron chi connectivity index (χ1n) is 8.11. The van der Waals surface area contributed by atoms with Crippen molar-refractivity contribution >= 4 is 35.4 Å². The van der Waals surface area contributed by atoms with Gasteiger partial charge in [-0.2, -0.15) is 0 Å². The van der Waals surface area contributed by atoms with Crippen LogP contribution in [0.25, 0.3) is 0 Å². The molecule has 0 aliphatic carbocycles. The van der Waals surface area contributed by atoms with Gasteiger partial charge in [-0.1, -0.05) is 11.6 Å². The third kappa shape index (κ3) is 9.13. The van der Waals surface area contributed by atoms with Gasteiger partial charge in [0.05, 0.1) is 18.1 Å². The standard InChI is InChI=1S/C16H25N3O5S/c1-11-9-13(19-24-11)18-16(22)12(2)25-10-14(20)17-8-6-4-5-7-15(21)23-3/h9,12H,4-8,10H2,1-3H3,(H,17,20)(H,18,19,22). The molecule has 0 fully saturated rings. The quantitative estimate of drug-likeness (QED) is 0.451. The third-order valence-electron chi connectivity index (χ3n) is 3.32. The Labute approximate surface area is 151 Å². The summed E-state index contributed by atoms with van der Waals surface area (Å²) in [6.07, 6.45) is 2.79. The lowest BCUT2D eigenvalue weighted by atomic mass is 10.2. The van der Waals surface area contributed by atoms with Crippen LogP contribution in [-0.2, 0) is 19.1 Å². The van der Waals surface area contributed by atoms with E-state index in [9.17, 15) is 14.4 Å². The summed E-state index contributed by atoms with van der Waals surface area (Å²) in [5, 5.41) is 8.73. The number of nitrogens with zero attached hydrogens (tertiary/aromatic N) is 1. The minimum absolute atomic E-state index is 0.116. The first-order chi connectivity index (χ1) is 11.9. The summed E-state index contributed by atoms with van der Waals surface area (Å²) in [4.78, 5) is 34.7. The Kier molecular flexibility index (Phi) is 9.68. The van der Waals surface area contributed by atoms with Crippen LogP contribution in [0.1, 0.15) is 38.4 Å². The van der Waals surface area contributed by atoms with E-state index in [1.54, 1.807) is 19.9 Å². The number of thioether (sulfide) groups is 1. The Balaban J connectivity index is 2.10. The molecule has 0 aromatic carbocycles. The van der Waals surface area contributed by atoms with Crippen molar-refractivity contribution in [2.75, 3.05) is 24.7 Å². The fraction of sp³-hybridized carbons (Fsp3) is 0.625. The zero-order valence-electron chi connectivity index (χ0n) is 14.8. The van der Waals surface area contributed by atoms with E-state index in [1.165, 1.54) is 18.9 Å². The Hall–Kier alpha value is -2.03. The number of ether oxygens (including phenoxy) is 1. The fourth-order valence-corrected chi connectivity index (χ4v) is 2.60. The number of nitrogens with one attached hydrogen (secondary N) is 2. The highest BCUT2D eigenvalue weighted by Crippen LogP contribution is 2.14. The van der Waals surface area contributed by atoms with E-state index in [2.05, 4.69) is 20.5 Å². The Bertz CT molecular complexity index is 576. The summed E-state index contributed by atoms with van der Waals surface area (Å²) < 4.78 is 9.43. The van der Waals surface area contributed by atoms with Crippen LogP contribution < -0.4 is 10.6 Å². The van der Waals surface area contributed by atoms with Crippen molar-refractivity contribution in [1.82, 2.24) is 10.5 Å². The number of methoxy groups -OCH3 is 1. The second-order valence-corrected chi connectivity index (χ2v) is 6.83. The molecule has 1 aromatic heterocycles. The van der Waals surface area contributed by atoms with Gasteiger partial charge in [0.15, 0.2) is 5.82 Å². The van der Waals surface area contributed by atoms with Gasteiger partial charge in [-0.05, 0) is 26.7 Å². The van der Waals surface area contributed by atoms with Gasteiger partial charge in [-0.15, -0.1) is 11.8 Å². The van der Waals surface area contributed by atoms with Crippen LogP contribution in [0.4, 0.5) is 5.82 Å². The maximum atomic E-state index is 12.0. The lowest BCUT2D eigenvalue weighted by Crippen LogP contribution is -2.29. The molecule has 0 spiro atoms. The average Bonchev–Trinajstić information content (AvgIpc) is 3.00. The smallest absolute Gasteiger partial charge is 0.305 e. The van der Waals surface area contributed by atoms with E-state index >= 15 is 0 Å². The number of aryl methyl sites for hydroxylation is 1. The fourth-order valence-electron chi connectivity index (χ4n) is 1.88. The second-order valence-electron chi connectivity index (χ2n) is 5.50. The summed E-state index contributed by atoms with van der Waals surface area (Å²) in [6, 6.07) is 1.63. The van der Waals surface area contributed by atoms with E-state index in [-0.39, 0.29) is 28.8 Å². The van der Waals surface area contributed by atoms with Crippen LogP contribution in [0.5, 0.6) is 0 Å². The van der Waals surface area contributed by atoms with E-state index in [0.717, 1.165) is 19.3 Å². The monoisotopic (exact) mass is 371 g/mol. The maximum absolute atomic E-state index is 12.0. The molecule has 0 aliphatic heterocycles. The second kappa shape index (κ2) is 11.5. The zero-order chi connectivity index (χ0) is 18.7. The average molecular weight is 371 g/mol. The molecule has 1 atom stereocenters. The van der Waals surface area contributed by atoms with E-state index in [1.807, 2.05) is 0 Å². The summed E-state index contributed by atoms with van der Waals surface area (Å²) in [5.41, 5.74) is 0. The molecule has 140 valence electrons. The SMILES string of the molecule is COC(=O)CCCCCNC(=O)CSC(C)C(=O)Nc1cc(C)on1. The van der Waals surface area contributed by atoms with Crippen molar-refractivity contribution < 1.29 is 23.6 Å². The molecule has 2 amide bonds. The Morgan fingerprint density at radius 3 is 2.72 bits per heavy atom. The van der Waals surface area contributed by atoms with E-state index in [0.29, 0.717) is 24.5 Å². The molecular weight excluding hydrogens is 346 g/mol. The topological polar surface area (TPSA) is 111 Å². The van der Waals surface area contributed by atoms with Gasteiger partial charge in [-0.25, -0.2) is 0 Å². The van der Waals surface area contributed by atoms with Crippen molar-refractivity contribution in [1.29, 1.82) is 0 Å². The summed E-state index contributed by atoms with van der Waals surface area (Å²) in [5.74, 6) is 0.624. The first kappa shape index (κ1) is 21.0.